The van der Waals surface area contributed by atoms with E-state index in [1.165, 1.54) is 0 Å². The van der Waals surface area contributed by atoms with Gasteiger partial charge in [0.25, 0.3) is 0 Å². The fraction of sp³-hybridized carbons (Fsp3) is 0.600. The molecule has 0 spiro atoms. The van der Waals surface area contributed by atoms with Crippen LogP contribution in [0.3, 0.4) is 0 Å². The molecule has 5 nitrogen and oxygen atoms in total. The van der Waals surface area contributed by atoms with Crippen molar-refractivity contribution in [3.8, 4) is 0 Å². The number of rotatable bonds is 6. The highest BCUT2D eigenvalue weighted by Crippen LogP contribution is 2.32. The lowest BCUT2D eigenvalue weighted by Crippen LogP contribution is -2.27. The summed E-state index contributed by atoms with van der Waals surface area (Å²) >= 11 is 1.13. The molecule has 1 saturated carbocycles. The largest absolute Gasteiger partial charge is 0.392 e. The van der Waals surface area contributed by atoms with Crippen LogP contribution < -0.4 is 5.32 Å². The van der Waals surface area contributed by atoms with Gasteiger partial charge in [-0.2, -0.15) is 0 Å². The van der Waals surface area contributed by atoms with Crippen molar-refractivity contribution in [1.82, 2.24) is 5.32 Å². The van der Waals surface area contributed by atoms with Crippen LogP contribution in [0.25, 0.3) is 0 Å². The fourth-order valence-corrected chi connectivity index (χ4v) is 2.29. The first-order valence-corrected chi connectivity index (χ1v) is 6.15. The summed E-state index contributed by atoms with van der Waals surface area (Å²) < 4.78 is 0. The first kappa shape index (κ1) is 11.5. The van der Waals surface area contributed by atoms with E-state index in [0.29, 0.717) is 19.0 Å². The molecule has 0 saturated heterocycles. The Kier molecular flexibility index (Phi) is 3.52. The van der Waals surface area contributed by atoms with Gasteiger partial charge in [0, 0.05) is 24.5 Å². The molecule has 1 aromatic heterocycles. The second-order valence-corrected chi connectivity index (χ2v) is 4.98. The van der Waals surface area contributed by atoms with E-state index in [0.717, 1.165) is 29.7 Å². The van der Waals surface area contributed by atoms with E-state index in [1.807, 2.05) is 0 Å². The monoisotopic (exact) mass is 242 g/mol. The number of aliphatic hydroxyl groups excluding tert-OH is 1. The van der Waals surface area contributed by atoms with Crippen molar-refractivity contribution < 1.29 is 10.0 Å². The van der Waals surface area contributed by atoms with Crippen LogP contribution in [-0.4, -0.2) is 22.7 Å². The number of nitrogens with zero attached hydrogens (tertiary/aromatic N) is 1. The standard InChI is InChI=1S/C10H14N2O3S/c13-9(8-1-2-8)5-11-4-7-3-10(12(14)15)16-6-7/h3,6,8-9,11,13H,1-2,4-5H2. The van der Waals surface area contributed by atoms with Gasteiger partial charge in [-0.05, 0) is 24.3 Å². The molecule has 0 amide bonds. The Morgan fingerprint density at radius 1 is 1.69 bits per heavy atom. The predicted molar refractivity (Wildman–Crippen MR) is 61.4 cm³/mol. The number of hydrogen-bond donors (Lipinski definition) is 2. The van der Waals surface area contributed by atoms with Crippen LogP contribution in [0.15, 0.2) is 11.4 Å². The Bertz CT molecular complexity index is 376. The molecule has 1 aliphatic rings. The van der Waals surface area contributed by atoms with E-state index in [2.05, 4.69) is 5.32 Å². The molecule has 1 aromatic rings. The van der Waals surface area contributed by atoms with E-state index in [9.17, 15) is 15.2 Å². The van der Waals surface area contributed by atoms with Gasteiger partial charge >= 0.3 is 5.00 Å². The summed E-state index contributed by atoms with van der Waals surface area (Å²) in [6.07, 6.45) is 1.97. The van der Waals surface area contributed by atoms with E-state index in [1.54, 1.807) is 11.4 Å². The molecule has 2 rings (SSSR count). The molecule has 88 valence electrons. The lowest BCUT2D eigenvalue weighted by molar-refractivity contribution is -0.380. The van der Waals surface area contributed by atoms with E-state index in [-0.39, 0.29) is 16.0 Å². The zero-order valence-corrected chi connectivity index (χ0v) is 9.57. The lowest BCUT2D eigenvalue weighted by atomic mass is 10.2. The molecular weight excluding hydrogens is 228 g/mol. The van der Waals surface area contributed by atoms with Crippen LogP contribution in [0.1, 0.15) is 18.4 Å². The Hall–Kier alpha value is -0.980. The zero-order chi connectivity index (χ0) is 11.5. The third-order valence-electron chi connectivity index (χ3n) is 2.67. The van der Waals surface area contributed by atoms with Gasteiger partial charge in [-0.3, -0.25) is 10.1 Å². The Labute approximate surface area is 97.3 Å². The third kappa shape index (κ3) is 3.01. The molecule has 2 N–H and O–H groups in total. The second-order valence-electron chi connectivity index (χ2n) is 4.09. The minimum absolute atomic E-state index is 0.166. The van der Waals surface area contributed by atoms with Crippen molar-refractivity contribution in [1.29, 1.82) is 0 Å². The molecule has 0 radical (unpaired) electrons. The maximum Gasteiger partial charge on any atom is 0.324 e. The van der Waals surface area contributed by atoms with E-state index < -0.39 is 0 Å². The van der Waals surface area contributed by atoms with Gasteiger partial charge in [0.1, 0.15) is 0 Å². The summed E-state index contributed by atoms with van der Waals surface area (Å²) in [5.74, 6) is 0.462. The SMILES string of the molecule is O=[N+]([O-])c1cc(CNCC(O)C2CC2)cs1. The molecule has 6 heteroatoms. The highest BCUT2D eigenvalue weighted by molar-refractivity contribution is 7.13. The Morgan fingerprint density at radius 3 is 3.00 bits per heavy atom. The number of aliphatic hydroxyl groups is 1. The maximum atomic E-state index is 10.4. The van der Waals surface area contributed by atoms with Crippen molar-refractivity contribution in [2.75, 3.05) is 6.54 Å². The Morgan fingerprint density at radius 2 is 2.44 bits per heavy atom. The molecule has 1 fully saturated rings. The minimum atomic E-state index is -0.382. The molecule has 1 heterocycles. The molecule has 1 unspecified atom stereocenters. The lowest BCUT2D eigenvalue weighted by Gasteiger charge is -2.09. The number of thiophene rings is 1. The van der Waals surface area contributed by atoms with Gasteiger partial charge in [0.2, 0.25) is 0 Å². The Balaban J connectivity index is 1.73. The average molecular weight is 242 g/mol. The van der Waals surface area contributed by atoms with Crippen LogP contribution in [0.2, 0.25) is 0 Å². The molecule has 0 aromatic carbocycles. The van der Waals surface area contributed by atoms with Gasteiger partial charge in [0.05, 0.1) is 11.0 Å². The first-order valence-electron chi connectivity index (χ1n) is 5.27. The summed E-state index contributed by atoms with van der Waals surface area (Å²) in [5.41, 5.74) is 0.902. The molecule has 0 bridgehead atoms. The van der Waals surface area contributed by atoms with Crippen molar-refractivity contribution in [3.05, 3.63) is 27.1 Å². The summed E-state index contributed by atoms with van der Waals surface area (Å²) in [6.45, 7) is 1.14. The topological polar surface area (TPSA) is 75.4 Å². The van der Waals surface area contributed by atoms with E-state index in [4.69, 9.17) is 0 Å². The number of nitrogens with one attached hydrogen (secondary N) is 1. The summed E-state index contributed by atoms with van der Waals surface area (Å²) in [6, 6.07) is 1.57. The molecule has 1 atom stereocenters. The molecule has 16 heavy (non-hydrogen) atoms. The highest BCUT2D eigenvalue weighted by atomic mass is 32.1. The normalized spacial score (nSPS) is 17.3. The minimum Gasteiger partial charge on any atom is -0.392 e. The molecular formula is C10H14N2O3S. The summed E-state index contributed by atoms with van der Waals surface area (Å²) in [4.78, 5) is 10.1. The number of hydrogen-bond acceptors (Lipinski definition) is 5. The van der Waals surface area contributed by atoms with Crippen LogP contribution in [-0.2, 0) is 6.54 Å². The third-order valence-corrected chi connectivity index (χ3v) is 3.60. The quantitative estimate of drug-likeness (QED) is 0.585. The van der Waals surface area contributed by atoms with E-state index >= 15 is 0 Å². The van der Waals surface area contributed by atoms with Crippen molar-refractivity contribution in [2.24, 2.45) is 5.92 Å². The van der Waals surface area contributed by atoms with Crippen LogP contribution in [0, 0.1) is 16.0 Å². The van der Waals surface area contributed by atoms with Gasteiger partial charge in [-0.25, -0.2) is 0 Å². The molecule has 1 aliphatic carbocycles. The number of nitro groups is 1. The van der Waals surface area contributed by atoms with Crippen molar-refractivity contribution in [3.63, 3.8) is 0 Å². The van der Waals surface area contributed by atoms with Gasteiger partial charge < -0.3 is 10.4 Å². The van der Waals surface area contributed by atoms with Gasteiger partial charge in [0.15, 0.2) is 0 Å². The zero-order valence-electron chi connectivity index (χ0n) is 8.76. The second kappa shape index (κ2) is 4.90. The van der Waals surface area contributed by atoms with Gasteiger partial charge in [-0.1, -0.05) is 11.3 Å². The summed E-state index contributed by atoms with van der Waals surface area (Å²) in [5, 5.41) is 25.1. The molecule has 0 aliphatic heterocycles. The van der Waals surface area contributed by atoms with Crippen LogP contribution >= 0.6 is 11.3 Å². The fourth-order valence-electron chi connectivity index (χ4n) is 1.56. The first-order chi connectivity index (χ1) is 7.66. The predicted octanol–water partition coefficient (Wildman–Crippen LogP) is 1.52. The summed E-state index contributed by atoms with van der Waals surface area (Å²) in [7, 11) is 0. The van der Waals surface area contributed by atoms with Gasteiger partial charge in [-0.15, -0.1) is 0 Å². The van der Waals surface area contributed by atoms with Crippen molar-refractivity contribution >= 4 is 16.3 Å². The van der Waals surface area contributed by atoms with Crippen LogP contribution in [0.4, 0.5) is 5.00 Å². The smallest absolute Gasteiger partial charge is 0.324 e. The van der Waals surface area contributed by atoms with Crippen molar-refractivity contribution in [2.45, 2.75) is 25.5 Å². The van der Waals surface area contributed by atoms with Crippen LogP contribution in [0.5, 0.6) is 0 Å². The maximum absolute atomic E-state index is 10.4. The highest BCUT2D eigenvalue weighted by Gasteiger charge is 2.29. The average Bonchev–Trinajstić information content (AvgIpc) is 2.98.